The Hall–Kier alpha value is -0.660. The summed E-state index contributed by atoms with van der Waals surface area (Å²) >= 11 is 0. The highest BCUT2D eigenvalue weighted by Crippen LogP contribution is 2.14. The van der Waals surface area contributed by atoms with Crippen molar-refractivity contribution in [3.8, 4) is 0 Å². The van der Waals surface area contributed by atoms with E-state index >= 15 is 0 Å². The van der Waals surface area contributed by atoms with Gasteiger partial charge in [-0.05, 0) is 0 Å². The lowest BCUT2D eigenvalue weighted by Gasteiger charge is -1.92. The fraction of sp³-hybridized carbons (Fsp3) is 0.714. The third-order valence-electron chi connectivity index (χ3n) is 1.76. The molecule has 0 bridgehead atoms. The molecule has 9 heavy (non-hydrogen) atoms. The van der Waals surface area contributed by atoms with Crippen molar-refractivity contribution in [2.45, 2.75) is 25.3 Å². The summed E-state index contributed by atoms with van der Waals surface area (Å²) in [5.74, 6) is 0. The van der Waals surface area contributed by atoms with Crippen LogP contribution in [0.15, 0.2) is 12.7 Å². The first kappa shape index (κ1) is 6.46. The minimum Gasteiger partial charge on any atom is -0.103 e. The highest BCUT2D eigenvalue weighted by Gasteiger charge is 2.29. The van der Waals surface area contributed by atoms with Gasteiger partial charge in [0.25, 0.3) is 0 Å². The molecule has 0 N–H and O–H groups in total. The highest BCUT2D eigenvalue weighted by molar-refractivity contribution is 4.74. The van der Waals surface area contributed by atoms with Crippen molar-refractivity contribution in [2.24, 2.45) is 0 Å². The summed E-state index contributed by atoms with van der Waals surface area (Å²) in [5, 5.41) is 0. The first-order valence-electron chi connectivity index (χ1n) is 3.39. The van der Waals surface area contributed by atoms with Gasteiger partial charge in [-0.3, -0.25) is 0 Å². The molecular formula is C7H12NO+. The number of hydrogen-bond acceptors (Lipinski definition) is 1. The number of rotatable bonds is 2. The van der Waals surface area contributed by atoms with Crippen molar-refractivity contribution in [1.29, 1.82) is 0 Å². The van der Waals surface area contributed by atoms with E-state index in [2.05, 4.69) is 6.58 Å². The maximum atomic E-state index is 10.8. The van der Waals surface area contributed by atoms with E-state index in [0.29, 0.717) is 0 Å². The molecule has 0 aliphatic carbocycles. The maximum Gasteiger partial charge on any atom is 0.205 e. The molecule has 0 aromatic carbocycles. The quantitative estimate of drug-likeness (QED) is 0.405. The van der Waals surface area contributed by atoms with Gasteiger partial charge < -0.3 is 0 Å². The molecule has 0 aromatic rings. The van der Waals surface area contributed by atoms with Crippen LogP contribution < -0.4 is 0 Å². The molecule has 1 unspecified atom stereocenters. The molecule has 1 saturated heterocycles. The van der Waals surface area contributed by atoms with Crippen LogP contribution in [0.25, 0.3) is 0 Å². The molecule has 1 atom stereocenters. The van der Waals surface area contributed by atoms with Gasteiger partial charge in [0, 0.05) is 28.9 Å². The van der Waals surface area contributed by atoms with Crippen LogP contribution >= 0.6 is 0 Å². The van der Waals surface area contributed by atoms with E-state index in [9.17, 15) is 4.91 Å². The van der Waals surface area contributed by atoms with Gasteiger partial charge in [-0.25, -0.2) is 0 Å². The summed E-state index contributed by atoms with van der Waals surface area (Å²) in [6.45, 7) is 4.31. The van der Waals surface area contributed by atoms with Gasteiger partial charge in [0.1, 0.15) is 0 Å². The topological polar surface area (TPSA) is 20.1 Å². The SMILES string of the molecule is C=CCC1CCC[N+]1=O. The van der Waals surface area contributed by atoms with Crippen molar-refractivity contribution in [1.82, 2.24) is 0 Å². The largest absolute Gasteiger partial charge is 0.205 e. The molecule has 0 aromatic heterocycles. The Bertz CT molecular complexity index is 131. The molecule has 50 valence electrons. The Morgan fingerprint density at radius 1 is 1.78 bits per heavy atom. The third-order valence-corrected chi connectivity index (χ3v) is 1.76. The average Bonchev–Trinajstić information content (AvgIpc) is 2.18. The van der Waals surface area contributed by atoms with Crippen molar-refractivity contribution in [3.63, 3.8) is 0 Å². The Balaban J connectivity index is 2.39. The van der Waals surface area contributed by atoms with Crippen LogP contribution in [0.5, 0.6) is 0 Å². The molecule has 0 amide bonds. The predicted octanol–water partition coefficient (Wildman–Crippen LogP) is 1.50. The molecule has 1 heterocycles. The molecule has 1 rings (SSSR count). The highest BCUT2D eigenvalue weighted by atomic mass is 16.3. The van der Waals surface area contributed by atoms with Gasteiger partial charge in [-0.1, -0.05) is 6.08 Å². The molecule has 2 nitrogen and oxygen atoms in total. The average molecular weight is 126 g/mol. The number of nitroso groups, excluding NO2 is 1. The minimum absolute atomic E-state index is 0.238. The van der Waals surface area contributed by atoms with Crippen molar-refractivity contribution in [2.75, 3.05) is 6.54 Å². The summed E-state index contributed by atoms with van der Waals surface area (Å²) in [7, 11) is 0. The van der Waals surface area contributed by atoms with Gasteiger partial charge in [-0.15, -0.1) is 6.58 Å². The van der Waals surface area contributed by atoms with Gasteiger partial charge in [0.2, 0.25) is 6.04 Å². The molecule has 0 spiro atoms. The summed E-state index contributed by atoms with van der Waals surface area (Å²) in [4.78, 5) is 10.8. The lowest BCUT2D eigenvalue weighted by atomic mass is 10.2. The van der Waals surface area contributed by atoms with Crippen LogP contribution in [-0.4, -0.2) is 17.3 Å². The third kappa shape index (κ3) is 1.37. The van der Waals surface area contributed by atoms with E-state index in [1.807, 2.05) is 6.08 Å². The predicted molar refractivity (Wildman–Crippen MR) is 36.3 cm³/mol. The van der Waals surface area contributed by atoms with Crippen LogP contribution in [0.3, 0.4) is 0 Å². The van der Waals surface area contributed by atoms with Crippen LogP contribution in [0.1, 0.15) is 19.3 Å². The molecule has 1 aliphatic rings. The van der Waals surface area contributed by atoms with Gasteiger partial charge in [-0.2, -0.15) is 0 Å². The normalized spacial score (nSPS) is 26.7. The van der Waals surface area contributed by atoms with Crippen LogP contribution in [0, 0.1) is 4.91 Å². The van der Waals surface area contributed by atoms with Crippen LogP contribution in [-0.2, 0) is 0 Å². The van der Waals surface area contributed by atoms with Gasteiger partial charge in [0.05, 0.1) is 0 Å². The summed E-state index contributed by atoms with van der Waals surface area (Å²) in [5.41, 5.74) is 0. The minimum atomic E-state index is 0.238. The lowest BCUT2D eigenvalue weighted by Crippen LogP contribution is -2.14. The second-order valence-corrected chi connectivity index (χ2v) is 2.46. The Morgan fingerprint density at radius 3 is 3.00 bits per heavy atom. The van der Waals surface area contributed by atoms with E-state index in [0.717, 1.165) is 25.8 Å². The number of hydrogen-bond donors (Lipinski definition) is 0. The second kappa shape index (κ2) is 2.76. The second-order valence-electron chi connectivity index (χ2n) is 2.46. The lowest BCUT2D eigenvalue weighted by molar-refractivity contribution is -0.563. The molecule has 2 heteroatoms. The Morgan fingerprint density at radius 2 is 2.56 bits per heavy atom. The zero-order valence-electron chi connectivity index (χ0n) is 5.55. The van der Waals surface area contributed by atoms with Crippen molar-refractivity contribution >= 4 is 0 Å². The molecular weight excluding hydrogens is 114 g/mol. The molecule has 1 fully saturated rings. The standard InChI is InChI=1S/C7H12NO/c1-2-4-7-5-3-6-8(7)9/h2,7H,1,3-6H2/q+1. The molecule has 0 radical (unpaired) electrons. The van der Waals surface area contributed by atoms with E-state index in [4.69, 9.17) is 0 Å². The summed E-state index contributed by atoms with van der Waals surface area (Å²) in [6.07, 6.45) is 4.78. The smallest absolute Gasteiger partial charge is 0.103 e. The zero-order valence-corrected chi connectivity index (χ0v) is 5.55. The number of nitrogens with zero attached hydrogens (tertiary/aromatic N) is 1. The van der Waals surface area contributed by atoms with E-state index in [1.165, 1.54) is 4.76 Å². The van der Waals surface area contributed by atoms with Gasteiger partial charge in [0.15, 0.2) is 6.54 Å². The van der Waals surface area contributed by atoms with Crippen molar-refractivity contribution < 1.29 is 4.76 Å². The molecule has 1 aliphatic heterocycles. The monoisotopic (exact) mass is 126 g/mol. The van der Waals surface area contributed by atoms with Crippen LogP contribution in [0.4, 0.5) is 0 Å². The van der Waals surface area contributed by atoms with Gasteiger partial charge >= 0.3 is 0 Å². The summed E-state index contributed by atoms with van der Waals surface area (Å²) < 4.78 is 1.17. The van der Waals surface area contributed by atoms with E-state index < -0.39 is 0 Å². The first-order chi connectivity index (χ1) is 4.34. The van der Waals surface area contributed by atoms with Crippen molar-refractivity contribution in [3.05, 3.63) is 17.6 Å². The fourth-order valence-electron chi connectivity index (χ4n) is 1.24. The van der Waals surface area contributed by atoms with E-state index in [1.54, 1.807) is 0 Å². The first-order valence-corrected chi connectivity index (χ1v) is 3.39. The summed E-state index contributed by atoms with van der Waals surface area (Å²) in [6, 6.07) is 0.238. The molecule has 0 saturated carbocycles. The Kier molecular flexibility index (Phi) is 1.98. The Labute approximate surface area is 55.1 Å². The van der Waals surface area contributed by atoms with E-state index in [-0.39, 0.29) is 6.04 Å². The zero-order chi connectivity index (χ0) is 6.69. The maximum absolute atomic E-state index is 10.8. The fourth-order valence-corrected chi connectivity index (χ4v) is 1.24. The van der Waals surface area contributed by atoms with Crippen LogP contribution in [0.2, 0.25) is 0 Å².